The van der Waals surface area contributed by atoms with Crippen LogP contribution in [-0.2, 0) is 9.59 Å². The van der Waals surface area contributed by atoms with E-state index in [1.165, 1.54) is 12.2 Å². The van der Waals surface area contributed by atoms with Gasteiger partial charge in [-0.3, -0.25) is 9.59 Å². The van der Waals surface area contributed by atoms with Gasteiger partial charge in [-0.25, -0.2) is 8.78 Å². The second kappa shape index (κ2) is 10.7. The zero-order valence-corrected chi connectivity index (χ0v) is 16.3. The number of hydrogen-bond donors (Lipinski definition) is 2. The fourth-order valence-electron chi connectivity index (χ4n) is 3.39. The minimum Gasteiger partial charge on any atom is -0.481 e. The van der Waals surface area contributed by atoms with Gasteiger partial charge < -0.3 is 10.2 Å². The minimum atomic E-state index is -3.10. The molecule has 1 aliphatic rings. The highest BCUT2D eigenvalue weighted by Crippen LogP contribution is 2.45. The smallest absolute Gasteiger partial charge is 0.303 e. The Morgan fingerprint density at radius 2 is 2.00 bits per heavy atom. The Hall–Kier alpha value is -1.56. The van der Waals surface area contributed by atoms with Crippen molar-refractivity contribution in [3.8, 4) is 0 Å². The molecule has 154 valence electrons. The second-order valence-corrected chi connectivity index (χ2v) is 7.70. The van der Waals surface area contributed by atoms with Gasteiger partial charge in [0.15, 0.2) is 0 Å². The maximum atomic E-state index is 14.3. The summed E-state index contributed by atoms with van der Waals surface area (Å²) in [6.07, 6.45) is 9.97. The number of ketones is 1. The molecule has 3 atom stereocenters. The van der Waals surface area contributed by atoms with Crippen molar-refractivity contribution in [1.82, 2.24) is 0 Å². The topological polar surface area (TPSA) is 74.6 Å². The standard InChI is InChI=1S/C21H32F2O4/c1-3-4-9-13-20(2,27)14-12-17-16(18(24)15-21(17,22)23)10-7-5-6-8-11-19(25)26/h5,7,12,14,16-17,27H,3-4,6,8-11,13,15H2,1-2H3,(H,25,26)/t16-,17-,20+/m1/s1. The Kier molecular flexibility index (Phi) is 9.30. The van der Waals surface area contributed by atoms with Crippen LogP contribution in [0.5, 0.6) is 0 Å². The molecule has 0 radical (unpaired) electrons. The molecule has 0 spiro atoms. The van der Waals surface area contributed by atoms with Crippen LogP contribution in [-0.4, -0.2) is 33.5 Å². The van der Waals surface area contributed by atoms with Crippen LogP contribution in [0, 0.1) is 11.8 Å². The maximum Gasteiger partial charge on any atom is 0.303 e. The molecule has 1 saturated carbocycles. The Bertz CT molecular complexity index is 552. The number of carbonyl (C=O) groups is 2. The molecule has 0 heterocycles. The lowest BCUT2D eigenvalue weighted by Gasteiger charge is -2.23. The van der Waals surface area contributed by atoms with Crippen molar-refractivity contribution in [2.45, 2.75) is 83.2 Å². The summed E-state index contributed by atoms with van der Waals surface area (Å²) < 4.78 is 28.5. The Morgan fingerprint density at radius 1 is 1.30 bits per heavy atom. The number of halogens is 2. The molecule has 0 saturated heterocycles. The SMILES string of the molecule is CCCCC[C@](C)(O)C=C[C@@H]1[C@@H](CC=CCCCC(=O)O)C(=O)CC1(F)F. The third-order valence-corrected chi connectivity index (χ3v) is 5.01. The molecule has 0 amide bonds. The molecule has 0 aromatic heterocycles. The summed E-state index contributed by atoms with van der Waals surface area (Å²) in [5.74, 6) is -6.46. The molecule has 0 aromatic rings. The van der Waals surface area contributed by atoms with Crippen molar-refractivity contribution in [1.29, 1.82) is 0 Å². The van der Waals surface area contributed by atoms with E-state index in [4.69, 9.17) is 5.11 Å². The van der Waals surface area contributed by atoms with Gasteiger partial charge in [0.2, 0.25) is 0 Å². The highest BCUT2D eigenvalue weighted by atomic mass is 19.3. The Balaban J connectivity index is 2.69. The zero-order chi connectivity index (χ0) is 20.5. The third kappa shape index (κ3) is 8.33. The first kappa shape index (κ1) is 23.5. The van der Waals surface area contributed by atoms with Crippen LogP contribution in [0.15, 0.2) is 24.3 Å². The summed E-state index contributed by atoms with van der Waals surface area (Å²) >= 11 is 0. The number of carboxylic acids is 1. The number of aliphatic carboxylic acids is 1. The monoisotopic (exact) mass is 386 g/mol. The van der Waals surface area contributed by atoms with Gasteiger partial charge in [-0.1, -0.05) is 50.5 Å². The molecule has 27 heavy (non-hydrogen) atoms. The second-order valence-electron chi connectivity index (χ2n) is 7.70. The van der Waals surface area contributed by atoms with E-state index in [9.17, 15) is 23.5 Å². The summed E-state index contributed by atoms with van der Waals surface area (Å²) in [5.41, 5.74) is -1.16. The number of carboxylic acid groups (broad SMARTS) is 1. The molecule has 1 rings (SSSR count). The zero-order valence-electron chi connectivity index (χ0n) is 16.3. The molecule has 0 aromatic carbocycles. The van der Waals surface area contributed by atoms with E-state index in [2.05, 4.69) is 6.92 Å². The number of allylic oxidation sites excluding steroid dienone is 3. The number of unbranched alkanes of at least 4 members (excludes halogenated alkanes) is 3. The molecular formula is C21H32F2O4. The molecule has 1 aliphatic carbocycles. The Labute approximate surface area is 160 Å². The van der Waals surface area contributed by atoms with E-state index in [0.717, 1.165) is 19.3 Å². The van der Waals surface area contributed by atoms with Crippen LogP contribution in [0.2, 0.25) is 0 Å². The first-order valence-corrected chi connectivity index (χ1v) is 9.78. The average molecular weight is 386 g/mol. The fourth-order valence-corrected chi connectivity index (χ4v) is 3.39. The largest absolute Gasteiger partial charge is 0.481 e. The molecule has 0 aliphatic heterocycles. The van der Waals surface area contributed by atoms with E-state index in [1.807, 2.05) is 0 Å². The summed E-state index contributed by atoms with van der Waals surface area (Å²) in [4.78, 5) is 22.5. The van der Waals surface area contributed by atoms with E-state index in [-0.39, 0.29) is 12.8 Å². The normalized spacial score (nSPS) is 24.7. The van der Waals surface area contributed by atoms with Gasteiger partial charge in [0.05, 0.1) is 17.9 Å². The highest BCUT2D eigenvalue weighted by molar-refractivity contribution is 5.85. The van der Waals surface area contributed by atoms with Crippen molar-refractivity contribution in [2.24, 2.45) is 11.8 Å². The predicted molar refractivity (Wildman–Crippen MR) is 101 cm³/mol. The summed E-state index contributed by atoms with van der Waals surface area (Å²) in [5, 5.41) is 18.9. The maximum absolute atomic E-state index is 14.3. The molecule has 0 bridgehead atoms. The lowest BCUT2D eigenvalue weighted by atomic mass is 9.88. The molecule has 2 N–H and O–H groups in total. The molecule has 4 nitrogen and oxygen atoms in total. The van der Waals surface area contributed by atoms with Gasteiger partial charge in [0.25, 0.3) is 5.92 Å². The first-order chi connectivity index (χ1) is 12.6. The lowest BCUT2D eigenvalue weighted by molar-refractivity contribution is -0.137. The van der Waals surface area contributed by atoms with E-state index in [0.29, 0.717) is 19.3 Å². The van der Waals surface area contributed by atoms with E-state index >= 15 is 0 Å². The van der Waals surface area contributed by atoms with E-state index in [1.54, 1.807) is 19.1 Å². The van der Waals surface area contributed by atoms with Crippen molar-refractivity contribution in [2.75, 3.05) is 0 Å². The van der Waals surface area contributed by atoms with Gasteiger partial charge in [0.1, 0.15) is 5.78 Å². The quantitative estimate of drug-likeness (QED) is 0.369. The van der Waals surface area contributed by atoms with Crippen LogP contribution in [0.1, 0.15) is 71.6 Å². The molecule has 6 heteroatoms. The summed E-state index contributed by atoms with van der Waals surface area (Å²) in [7, 11) is 0. The fraction of sp³-hybridized carbons (Fsp3) is 0.714. The van der Waals surface area contributed by atoms with Gasteiger partial charge in [-0.05, 0) is 32.6 Å². The number of hydrogen-bond acceptors (Lipinski definition) is 3. The van der Waals surface area contributed by atoms with Crippen molar-refractivity contribution in [3.05, 3.63) is 24.3 Å². The molecule has 0 unspecified atom stereocenters. The summed E-state index contributed by atoms with van der Waals surface area (Å²) in [6.45, 7) is 3.65. The van der Waals surface area contributed by atoms with Crippen molar-refractivity contribution < 1.29 is 28.6 Å². The van der Waals surface area contributed by atoms with Gasteiger partial charge >= 0.3 is 5.97 Å². The summed E-state index contributed by atoms with van der Waals surface area (Å²) in [6, 6.07) is 0. The first-order valence-electron chi connectivity index (χ1n) is 9.78. The van der Waals surface area contributed by atoms with Gasteiger partial charge in [-0.2, -0.15) is 0 Å². The Morgan fingerprint density at radius 3 is 2.63 bits per heavy atom. The molecule has 1 fully saturated rings. The van der Waals surface area contributed by atoms with Crippen LogP contribution in [0.3, 0.4) is 0 Å². The van der Waals surface area contributed by atoms with Crippen molar-refractivity contribution >= 4 is 11.8 Å². The number of carbonyl (C=O) groups excluding carboxylic acids is 1. The van der Waals surface area contributed by atoms with Crippen LogP contribution in [0.4, 0.5) is 8.78 Å². The number of rotatable bonds is 12. The average Bonchev–Trinajstić information content (AvgIpc) is 2.76. The van der Waals surface area contributed by atoms with Gasteiger partial charge in [0, 0.05) is 12.3 Å². The minimum absolute atomic E-state index is 0.0588. The lowest BCUT2D eigenvalue weighted by Crippen LogP contribution is -2.26. The predicted octanol–water partition coefficient (Wildman–Crippen LogP) is 4.92. The van der Waals surface area contributed by atoms with Crippen LogP contribution in [0.25, 0.3) is 0 Å². The van der Waals surface area contributed by atoms with Crippen molar-refractivity contribution in [3.63, 3.8) is 0 Å². The number of Topliss-reactive ketones (excluding diaryl/α,β-unsaturated/α-hetero) is 1. The molecular weight excluding hydrogens is 354 g/mol. The van der Waals surface area contributed by atoms with Gasteiger partial charge in [-0.15, -0.1) is 0 Å². The number of aliphatic hydroxyl groups is 1. The van der Waals surface area contributed by atoms with E-state index < -0.39 is 41.5 Å². The number of alkyl halides is 2. The highest BCUT2D eigenvalue weighted by Gasteiger charge is 2.53. The third-order valence-electron chi connectivity index (χ3n) is 5.01. The van der Waals surface area contributed by atoms with Crippen LogP contribution >= 0.6 is 0 Å². The van der Waals surface area contributed by atoms with Crippen LogP contribution < -0.4 is 0 Å².